The van der Waals surface area contributed by atoms with Crippen molar-refractivity contribution in [3.05, 3.63) is 70.5 Å². The number of hydrogen-bond acceptors (Lipinski definition) is 1. The Labute approximate surface area is 120 Å². The number of halogens is 1. The van der Waals surface area contributed by atoms with E-state index in [-0.39, 0.29) is 5.91 Å². The topological polar surface area (TPSA) is 43.2 Å². The highest BCUT2D eigenvalue weighted by Gasteiger charge is 2.00. The zero-order chi connectivity index (χ0) is 13.5. The van der Waals surface area contributed by atoms with Crippen molar-refractivity contribution in [2.24, 2.45) is 0 Å². The Morgan fingerprint density at radius 2 is 2.00 bits per heavy atom. The van der Waals surface area contributed by atoms with Gasteiger partial charge in [-0.05, 0) is 23.8 Å². The summed E-state index contributed by atoms with van der Waals surface area (Å²) in [5.41, 5.74) is 1.96. The number of H-pyrrole nitrogens is 1. The number of carbonyl (C=O) groups excluding carboxylic acids is 1. The van der Waals surface area contributed by atoms with Gasteiger partial charge in [0.25, 0.3) is 0 Å². The third-order valence-electron chi connectivity index (χ3n) is 2.52. The minimum absolute atomic E-state index is 0.111. The Morgan fingerprint density at radius 3 is 2.68 bits per heavy atom. The summed E-state index contributed by atoms with van der Waals surface area (Å²) in [7, 11) is 0. The molecule has 0 saturated heterocycles. The fourth-order valence-corrected chi connectivity index (χ4v) is 1.79. The van der Waals surface area contributed by atoms with Crippen LogP contribution in [0.3, 0.4) is 0 Å². The first-order valence-corrected chi connectivity index (χ1v) is 6.70. The van der Waals surface area contributed by atoms with E-state index in [2.05, 4.69) is 26.2 Å². The van der Waals surface area contributed by atoms with Gasteiger partial charge >= 0.3 is 0 Å². The van der Waals surface area contributed by atoms with Gasteiger partial charge in [-0.15, -0.1) is 0 Å². The second-order valence-electron chi connectivity index (χ2n) is 3.99. The highest BCUT2D eigenvalue weighted by Crippen LogP contribution is 2.11. The zero-order valence-electron chi connectivity index (χ0n) is 10.3. The van der Waals surface area contributed by atoms with E-state index in [1.54, 1.807) is 6.08 Å². The van der Waals surface area contributed by atoms with E-state index in [0.717, 1.165) is 15.7 Å². The standard InChI is InChI=1S/C15H13BrN2O/c16-13-7-4-12(5-8-13)6-9-15(19)18-11-14-3-1-2-10-17-14/h1-10H,11H2,(H,18,19)/p+1. The molecule has 96 valence electrons. The molecule has 0 radical (unpaired) electrons. The minimum Gasteiger partial charge on any atom is -0.342 e. The van der Waals surface area contributed by atoms with Crippen molar-refractivity contribution in [3.8, 4) is 0 Å². The molecule has 0 bridgehead atoms. The summed E-state index contributed by atoms with van der Waals surface area (Å²) in [6, 6.07) is 13.5. The number of aromatic amines is 1. The largest absolute Gasteiger partial charge is 0.342 e. The van der Waals surface area contributed by atoms with Crippen LogP contribution in [0.25, 0.3) is 6.08 Å². The van der Waals surface area contributed by atoms with Gasteiger partial charge in [0, 0.05) is 22.7 Å². The predicted octanol–water partition coefficient (Wildman–Crippen LogP) is 2.59. The molecule has 0 aliphatic heterocycles. The number of amides is 1. The van der Waals surface area contributed by atoms with Gasteiger partial charge in [0.2, 0.25) is 5.91 Å². The first-order chi connectivity index (χ1) is 9.24. The molecular formula is C15H14BrN2O+. The van der Waals surface area contributed by atoms with Crippen LogP contribution in [0, 0.1) is 0 Å². The molecular weight excluding hydrogens is 304 g/mol. The molecule has 0 saturated carbocycles. The minimum atomic E-state index is -0.111. The molecule has 0 atom stereocenters. The smallest absolute Gasteiger partial charge is 0.244 e. The summed E-state index contributed by atoms with van der Waals surface area (Å²) in [4.78, 5) is 14.7. The van der Waals surface area contributed by atoms with E-state index < -0.39 is 0 Å². The molecule has 19 heavy (non-hydrogen) atoms. The molecule has 0 spiro atoms. The number of rotatable bonds is 4. The van der Waals surface area contributed by atoms with Gasteiger partial charge in [0.15, 0.2) is 11.9 Å². The van der Waals surface area contributed by atoms with Crippen LogP contribution in [0.4, 0.5) is 0 Å². The summed E-state index contributed by atoms with van der Waals surface area (Å²) in [5, 5.41) is 2.81. The molecule has 0 aliphatic rings. The molecule has 1 heterocycles. The van der Waals surface area contributed by atoms with Crippen LogP contribution in [-0.2, 0) is 11.3 Å². The van der Waals surface area contributed by atoms with Crippen molar-refractivity contribution < 1.29 is 9.78 Å². The Kier molecular flexibility index (Phi) is 4.86. The van der Waals surface area contributed by atoms with Gasteiger partial charge in [0.1, 0.15) is 6.54 Å². The third kappa shape index (κ3) is 4.67. The summed E-state index contributed by atoms with van der Waals surface area (Å²) in [6.07, 6.45) is 5.15. The predicted molar refractivity (Wildman–Crippen MR) is 78.0 cm³/mol. The zero-order valence-corrected chi connectivity index (χ0v) is 11.9. The van der Waals surface area contributed by atoms with Gasteiger partial charge in [-0.1, -0.05) is 34.1 Å². The summed E-state index contributed by atoms with van der Waals surface area (Å²) in [5.74, 6) is -0.111. The Hall–Kier alpha value is -1.94. The van der Waals surface area contributed by atoms with Crippen molar-refractivity contribution in [1.82, 2.24) is 5.32 Å². The van der Waals surface area contributed by atoms with E-state index in [0.29, 0.717) is 6.54 Å². The van der Waals surface area contributed by atoms with E-state index in [9.17, 15) is 4.79 Å². The maximum Gasteiger partial charge on any atom is 0.244 e. The van der Waals surface area contributed by atoms with Crippen molar-refractivity contribution in [2.75, 3.05) is 0 Å². The van der Waals surface area contributed by atoms with E-state index in [1.807, 2.05) is 48.7 Å². The number of pyridine rings is 1. The summed E-state index contributed by atoms with van der Waals surface area (Å²) in [6.45, 7) is 0.490. The Morgan fingerprint density at radius 1 is 1.21 bits per heavy atom. The second-order valence-corrected chi connectivity index (χ2v) is 4.91. The van der Waals surface area contributed by atoms with E-state index in [4.69, 9.17) is 0 Å². The first kappa shape index (κ1) is 13.5. The number of benzene rings is 1. The molecule has 0 aliphatic carbocycles. The van der Waals surface area contributed by atoms with Crippen LogP contribution in [0.1, 0.15) is 11.3 Å². The maximum atomic E-state index is 11.6. The number of carbonyl (C=O) groups is 1. The van der Waals surface area contributed by atoms with Crippen molar-refractivity contribution in [1.29, 1.82) is 0 Å². The number of hydrogen-bond donors (Lipinski definition) is 1. The molecule has 3 nitrogen and oxygen atoms in total. The normalized spacial score (nSPS) is 10.6. The SMILES string of the molecule is O=C(C=Cc1ccc(Br)cc1)NCc1cccc[nH+]1. The van der Waals surface area contributed by atoms with Crippen LogP contribution in [0.2, 0.25) is 0 Å². The molecule has 2 N–H and O–H groups in total. The molecule has 4 heteroatoms. The van der Waals surface area contributed by atoms with Gasteiger partial charge < -0.3 is 5.32 Å². The van der Waals surface area contributed by atoms with Gasteiger partial charge in [-0.2, -0.15) is 0 Å². The number of nitrogens with one attached hydrogen (secondary N) is 2. The average Bonchev–Trinajstić information content (AvgIpc) is 2.45. The molecule has 1 amide bonds. The van der Waals surface area contributed by atoms with Crippen LogP contribution in [-0.4, -0.2) is 5.91 Å². The monoisotopic (exact) mass is 317 g/mol. The van der Waals surface area contributed by atoms with Crippen molar-refractivity contribution >= 4 is 27.9 Å². The first-order valence-electron chi connectivity index (χ1n) is 5.91. The fraction of sp³-hybridized carbons (Fsp3) is 0.0667. The van der Waals surface area contributed by atoms with Crippen LogP contribution >= 0.6 is 15.9 Å². The number of aromatic nitrogens is 1. The Bertz CT molecular complexity index is 564. The van der Waals surface area contributed by atoms with Gasteiger partial charge in [-0.25, -0.2) is 4.98 Å². The molecule has 0 fully saturated rings. The quantitative estimate of drug-likeness (QED) is 0.865. The highest BCUT2D eigenvalue weighted by molar-refractivity contribution is 9.10. The third-order valence-corrected chi connectivity index (χ3v) is 3.05. The average molecular weight is 318 g/mol. The summed E-state index contributed by atoms with van der Waals surface area (Å²) >= 11 is 3.37. The Balaban J connectivity index is 1.86. The van der Waals surface area contributed by atoms with Crippen molar-refractivity contribution in [3.63, 3.8) is 0 Å². The molecule has 2 aromatic rings. The molecule has 1 aromatic heterocycles. The highest BCUT2D eigenvalue weighted by atomic mass is 79.9. The molecule has 0 unspecified atom stereocenters. The van der Waals surface area contributed by atoms with E-state index >= 15 is 0 Å². The summed E-state index contributed by atoms with van der Waals surface area (Å²) < 4.78 is 1.02. The lowest BCUT2D eigenvalue weighted by atomic mass is 10.2. The fourth-order valence-electron chi connectivity index (χ4n) is 1.53. The maximum absolute atomic E-state index is 11.6. The lowest BCUT2D eigenvalue weighted by Crippen LogP contribution is -2.24. The lowest BCUT2D eigenvalue weighted by molar-refractivity contribution is -0.390. The van der Waals surface area contributed by atoms with Crippen LogP contribution < -0.4 is 10.3 Å². The van der Waals surface area contributed by atoms with Crippen molar-refractivity contribution in [2.45, 2.75) is 6.54 Å². The van der Waals surface area contributed by atoms with Crippen LogP contribution in [0.5, 0.6) is 0 Å². The van der Waals surface area contributed by atoms with E-state index in [1.165, 1.54) is 6.08 Å². The van der Waals surface area contributed by atoms with Gasteiger partial charge in [0.05, 0.1) is 0 Å². The molecule has 2 rings (SSSR count). The molecule has 1 aromatic carbocycles. The van der Waals surface area contributed by atoms with Gasteiger partial charge in [-0.3, -0.25) is 4.79 Å². The second kappa shape index (κ2) is 6.85. The lowest BCUT2D eigenvalue weighted by Gasteiger charge is -1.98. The van der Waals surface area contributed by atoms with Crippen LogP contribution in [0.15, 0.2) is 59.2 Å².